The van der Waals surface area contributed by atoms with Crippen LogP contribution in [0, 0.1) is 12.8 Å². The molecule has 8 heteroatoms. The van der Waals surface area contributed by atoms with E-state index < -0.39 is 22.2 Å². The molecule has 1 aliphatic rings. The van der Waals surface area contributed by atoms with Gasteiger partial charge in [0.05, 0.1) is 30.3 Å². The topological polar surface area (TPSA) is 87.2 Å². The maximum atomic E-state index is 13.9. The second-order valence-electron chi connectivity index (χ2n) is 10.1. The Labute approximate surface area is 225 Å². The van der Waals surface area contributed by atoms with Crippen molar-refractivity contribution in [3.05, 3.63) is 89.5 Å². The van der Waals surface area contributed by atoms with Crippen LogP contribution in [0.4, 0.5) is 0 Å². The Bertz CT molecular complexity index is 1370. The molecule has 1 heterocycles. The molecule has 3 atom stereocenters. The maximum Gasteiger partial charge on any atom is 0.254 e. The van der Waals surface area contributed by atoms with Crippen LogP contribution in [0.25, 0.3) is 11.1 Å². The molecule has 0 bridgehead atoms. The minimum Gasteiger partial charge on any atom is -0.394 e. The van der Waals surface area contributed by atoms with Gasteiger partial charge in [-0.05, 0) is 48.7 Å². The summed E-state index contributed by atoms with van der Waals surface area (Å²) >= 11 is 0. The predicted octanol–water partition coefficient (Wildman–Crippen LogP) is 4.34. The number of carbonyl (C=O) groups excluding carboxylic acids is 1. The molecule has 38 heavy (non-hydrogen) atoms. The molecule has 202 valence electrons. The number of likely N-dealkylation sites (N-methyl/N-ethyl adjacent to an activating group) is 1. The summed E-state index contributed by atoms with van der Waals surface area (Å²) in [7, 11) is -2.18. The first-order valence-electron chi connectivity index (χ1n) is 12.9. The van der Waals surface area contributed by atoms with Crippen LogP contribution in [0.1, 0.15) is 35.3 Å². The Kier molecular flexibility index (Phi) is 8.67. The highest BCUT2D eigenvalue weighted by atomic mass is 32.2. The second-order valence-corrected chi connectivity index (χ2v) is 12.2. The number of aliphatic hydroxyl groups is 1. The van der Waals surface area contributed by atoms with Gasteiger partial charge in [0.2, 0.25) is 10.0 Å². The van der Waals surface area contributed by atoms with Crippen molar-refractivity contribution in [3.8, 4) is 11.1 Å². The normalized spacial score (nSPS) is 19.4. The van der Waals surface area contributed by atoms with E-state index in [-0.39, 0.29) is 36.5 Å². The van der Waals surface area contributed by atoms with Crippen molar-refractivity contribution in [1.82, 2.24) is 9.21 Å². The van der Waals surface area contributed by atoms with E-state index in [1.54, 1.807) is 36.2 Å². The number of benzene rings is 3. The van der Waals surface area contributed by atoms with Crippen LogP contribution in [0.2, 0.25) is 0 Å². The largest absolute Gasteiger partial charge is 0.394 e. The molecule has 7 nitrogen and oxygen atoms in total. The second kappa shape index (κ2) is 11.8. The quantitative estimate of drug-likeness (QED) is 0.507. The number of amides is 1. The Morgan fingerprint density at radius 1 is 1.00 bits per heavy atom. The standard InChI is InChI=1S/C30H36N2O5S/c1-21-13-15-25(16-14-21)38(35,36)31(4)18-29-22(2)17-32(23(3)19-33)30(34)28-12-8-7-11-27(28)26-10-6-5-9-24(26)20-37-29/h5-16,22-23,29,33H,17-20H2,1-4H3/t22-,23-,29-/m0/s1. The zero-order valence-electron chi connectivity index (χ0n) is 22.4. The number of sulfonamides is 1. The molecular formula is C30H36N2O5S. The van der Waals surface area contributed by atoms with Gasteiger partial charge in [-0.3, -0.25) is 4.79 Å². The van der Waals surface area contributed by atoms with Crippen LogP contribution in [0.3, 0.4) is 0 Å². The highest BCUT2D eigenvalue weighted by molar-refractivity contribution is 7.89. The summed E-state index contributed by atoms with van der Waals surface area (Å²) in [6.07, 6.45) is -0.504. The van der Waals surface area contributed by atoms with E-state index in [4.69, 9.17) is 4.74 Å². The van der Waals surface area contributed by atoms with Gasteiger partial charge < -0.3 is 14.7 Å². The summed E-state index contributed by atoms with van der Waals surface area (Å²) in [6.45, 7) is 6.17. The summed E-state index contributed by atoms with van der Waals surface area (Å²) in [4.78, 5) is 15.8. The van der Waals surface area contributed by atoms with E-state index in [2.05, 4.69) is 0 Å². The molecule has 0 spiro atoms. The Morgan fingerprint density at radius 3 is 2.26 bits per heavy atom. The van der Waals surface area contributed by atoms with Crippen LogP contribution >= 0.6 is 0 Å². The highest BCUT2D eigenvalue weighted by Gasteiger charge is 2.32. The van der Waals surface area contributed by atoms with Crippen LogP contribution in [0.5, 0.6) is 0 Å². The first-order valence-corrected chi connectivity index (χ1v) is 14.3. The van der Waals surface area contributed by atoms with Gasteiger partial charge in [0.15, 0.2) is 0 Å². The fourth-order valence-corrected chi connectivity index (χ4v) is 5.98. The van der Waals surface area contributed by atoms with Gasteiger partial charge in [-0.2, -0.15) is 4.31 Å². The van der Waals surface area contributed by atoms with Crippen molar-refractivity contribution in [2.24, 2.45) is 5.92 Å². The lowest BCUT2D eigenvalue weighted by molar-refractivity contribution is -0.0146. The summed E-state index contributed by atoms with van der Waals surface area (Å²) in [6, 6.07) is 21.6. The van der Waals surface area contributed by atoms with Crippen LogP contribution in [0.15, 0.2) is 77.7 Å². The first-order chi connectivity index (χ1) is 18.1. The number of hydrogen-bond acceptors (Lipinski definition) is 5. The molecule has 1 aliphatic heterocycles. The third-order valence-electron chi connectivity index (χ3n) is 7.26. The number of ether oxygens (including phenoxy) is 1. The summed E-state index contributed by atoms with van der Waals surface area (Å²) < 4.78 is 34.5. The smallest absolute Gasteiger partial charge is 0.254 e. The van der Waals surface area contributed by atoms with Crippen molar-refractivity contribution in [1.29, 1.82) is 0 Å². The van der Waals surface area contributed by atoms with Gasteiger partial charge in [-0.1, -0.05) is 67.1 Å². The fourth-order valence-electron chi connectivity index (χ4n) is 4.79. The van der Waals surface area contributed by atoms with Crippen molar-refractivity contribution in [2.75, 3.05) is 26.7 Å². The zero-order chi connectivity index (χ0) is 27.4. The Hall–Kier alpha value is -3.04. The Morgan fingerprint density at radius 2 is 1.61 bits per heavy atom. The third-order valence-corrected chi connectivity index (χ3v) is 9.10. The molecular weight excluding hydrogens is 500 g/mol. The van der Waals surface area contributed by atoms with E-state index in [1.165, 1.54) is 4.31 Å². The zero-order valence-corrected chi connectivity index (χ0v) is 23.2. The van der Waals surface area contributed by atoms with E-state index in [1.807, 2.05) is 69.3 Å². The van der Waals surface area contributed by atoms with Gasteiger partial charge >= 0.3 is 0 Å². The van der Waals surface area contributed by atoms with E-state index >= 15 is 0 Å². The van der Waals surface area contributed by atoms with Gasteiger partial charge in [-0.25, -0.2) is 8.42 Å². The average Bonchev–Trinajstić information content (AvgIpc) is 2.94. The highest BCUT2D eigenvalue weighted by Crippen LogP contribution is 2.31. The predicted molar refractivity (Wildman–Crippen MR) is 148 cm³/mol. The Balaban J connectivity index is 1.73. The number of fused-ring (bicyclic) bond motifs is 3. The number of aryl methyl sites for hydroxylation is 1. The number of nitrogens with zero attached hydrogens (tertiary/aromatic N) is 2. The molecule has 0 unspecified atom stereocenters. The van der Waals surface area contributed by atoms with Crippen LogP contribution in [-0.4, -0.2) is 67.5 Å². The number of carbonyl (C=O) groups is 1. The lowest BCUT2D eigenvalue weighted by Crippen LogP contribution is -2.47. The molecule has 0 saturated carbocycles. The molecule has 0 aromatic heterocycles. The molecule has 1 N–H and O–H groups in total. The summed E-state index contributed by atoms with van der Waals surface area (Å²) in [5, 5.41) is 9.99. The number of rotatable bonds is 6. The molecule has 0 fully saturated rings. The average molecular weight is 537 g/mol. The molecule has 4 rings (SSSR count). The van der Waals surface area contributed by atoms with Crippen molar-refractivity contribution in [3.63, 3.8) is 0 Å². The number of aliphatic hydroxyl groups excluding tert-OH is 1. The van der Waals surface area contributed by atoms with Gasteiger partial charge in [0, 0.05) is 31.6 Å². The molecule has 0 saturated heterocycles. The molecule has 3 aromatic rings. The van der Waals surface area contributed by atoms with Gasteiger partial charge in [0.1, 0.15) is 0 Å². The fraction of sp³-hybridized carbons (Fsp3) is 0.367. The molecule has 0 radical (unpaired) electrons. The van der Waals surface area contributed by atoms with E-state index in [0.29, 0.717) is 12.1 Å². The van der Waals surface area contributed by atoms with Crippen molar-refractivity contribution < 1.29 is 23.1 Å². The SMILES string of the molecule is Cc1ccc(S(=O)(=O)N(C)C[C@@H]2OCc3ccccc3-c3ccccc3C(=O)N([C@@H](C)CO)C[C@@H]2C)cc1. The monoisotopic (exact) mass is 536 g/mol. The summed E-state index contributed by atoms with van der Waals surface area (Å²) in [5.74, 6) is -0.397. The van der Waals surface area contributed by atoms with E-state index in [0.717, 1.165) is 22.3 Å². The molecule has 1 amide bonds. The van der Waals surface area contributed by atoms with E-state index in [9.17, 15) is 18.3 Å². The van der Waals surface area contributed by atoms with Crippen LogP contribution in [-0.2, 0) is 21.4 Å². The maximum absolute atomic E-state index is 13.9. The van der Waals surface area contributed by atoms with Gasteiger partial charge in [-0.15, -0.1) is 0 Å². The van der Waals surface area contributed by atoms with Crippen molar-refractivity contribution in [2.45, 2.75) is 44.4 Å². The van der Waals surface area contributed by atoms with Gasteiger partial charge in [0.25, 0.3) is 5.91 Å². The molecule has 0 aliphatic carbocycles. The minimum absolute atomic E-state index is 0.113. The molecule has 3 aromatic carbocycles. The van der Waals surface area contributed by atoms with Crippen LogP contribution < -0.4 is 0 Å². The summed E-state index contributed by atoms with van der Waals surface area (Å²) in [5.41, 5.74) is 4.15. The minimum atomic E-state index is -3.74. The lowest BCUT2D eigenvalue weighted by atomic mass is 9.94. The van der Waals surface area contributed by atoms with Crippen molar-refractivity contribution >= 4 is 15.9 Å². The first kappa shape index (κ1) is 28.0. The third kappa shape index (κ3) is 5.83. The lowest BCUT2D eigenvalue weighted by Gasteiger charge is -2.35. The number of hydrogen-bond donors (Lipinski definition) is 1.